The molecule has 0 radical (unpaired) electrons. The maximum atomic E-state index is 12.4. The molecule has 2 aromatic rings. The first kappa shape index (κ1) is 22.3. The third-order valence-electron chi connectivity index (χ3n) is 4.08. The van der Waals surface area contributed by atoms with Gasteiger partial charge in [-0.3, -0.25) is 15.0 Å². The summed E-state index contributed by atoms with van der Waals surface area (Å²) in [5, 5.41) is 10.5. The lowest BCUT2D eigenvalue weighted by molar-refractivity contribution is 0.0376. The molecule has 13 heteroatoms. The van der Waals surface area contributed by atoms with Crippen molar-refractivity contribution in [2.24, 2.45) is 0 Å². The molecule has 2 heterocycles. The number of hydrogen-bond donors (Lipinski definition) is 2. The van der Waals surface area contributed by atoms with Gasteiger partial charge in [0, 0.05) is 24.7 Å². The molecule has 0 unspecified atom stereocenters. The molecule has 2 N–H and O–H groups in total. The van der Waals surface area contributed by atoms with Crippen molar-refractivity contribution < 1.29 is 17.9 Å². The van der Waals surface area contributed by atoms with Crippen LogP contribution >= 0.6 is 34.5 Å². The first-order valence-corrected chi connectivity index (χ1v) is 11.8. The number of anilines is 1. The monoisotopic (exact) mass is 479 g/mol. The number of sulfonamides is 1. The smallest absolute Gasteiger partial charge is 0.269 e. The normalized spacial score (nSPS) is 15.4. The lowest BCUT2D eigenvalue weighted by Gasteiger charge is -2.26. The third kappa shape index (κ3) is 6.32. The number of morpholine rings is 1. The van der Waals surface area contributed by atoms with E-state index in [1.54, 1.807) is 0 Å². The highest BCUT2D eigenvalue weighted by atomic mass is 35.5. The van der Waals surface area contributed by atoms with Gasteiger partial charge in [0.1, 0.15) is 0 Å². The average Bonchev–Trinajstić information content (AvgIpc) is 3.15. The first-order valence-electron chi connectivity index (χ1n) is 8.75. The number of benzene rings is 1. The second kappa shape index (κ2) is 10.1. The number of ether oxygens (including phenoxy) is 1. The molecule has 1 aliphatic heterocycles. The Hall–Kier alpha value is -1.34. The molecular weight excluding hydrogens is 461 g/mol. The Labute approximate surface area is 182 Å². The Balaban J connectivity index is 1.53. The number of nitrogens with one attached hydrogen (secondary N) is 2. The van der Waals surface area contributed by atoms with Gasteiger partial charge in [0.25, 0.3) is 15.9 Å². The van der Waals surface area contributed by atoms with E-state index in [9.17, 15) is 13.2 Å². The summed E-state index contributed by atoms with van der Waals surface area (Å²) >= 11 is 12.6. The fourth-order valence-electron chi connectivity index (χ4n) is 2.60. The molecule has 1 amide bonds. The van der Waals surface area contributed by atoms with Crippen LogP contribution in [-0.4, -0.2) is 68.8 Å². The predicted molar refractivity (Wildman–Crippen MR) is 111 cm³/mol. The highest BCUT2D eigenvalue weighted by Gasteiger charge is 2.21. The SMILES string of the molecule is O=C(Nc1nnc(S(=O)(=O)NCCCN2CCOCC2)s1)c1ccc(Cl)cc1Cl. The highest BCUT2D eigenvalue weighted by Crippen LogP contribution is 2.24. The van der Waals surface area contributed by atoms with Crippen LogP contribution in [0.15, 0.2) is 22.5 Å². The summed E-state index contributed by atoms with van der Waals surface area (Å²) in [6, 6.07) is 4.43. The molecule has 0 bridgehead atoms. The molecule has 1 saturated heterocycles. The molecule has 0 saturated carbocycles. The van der Waals surface area contributed by atoms with E-state index in [1.165, 1.54) is 18.2 Å². The van der Waals surface area contributed by atoms with Crippen LogP contribution < -0.4 is 10.0 Å². The summed E-state index contributed by atoms with van der Waals surface area (Å²) in [5.41, 5.74) is 0.192. The predicted octanol–water partition coefficient (Wildman–Crippen LogP) is 2.10. The molecule has 0 atom stereocenters. The minimum Gasteiger partial charge on any atom is -0.379 e. The maximum absolute atomic E-state index is 12.4. The van der Waals surface area contributed by atoms with Gasteiger partial charge in [-0.15, -0.1) is 10.2 Å². The van der Waals surface area contributed by atoms with E-state index >= 15 is 0 Å². The van der Waals surface area contributed by atoms with Crippen LogP contribution in [0.4, 0.5) is 5.13 Å². The van der Waals surface area contributed by atoms with Crippen LogP contribution in [0, 0.1) is 0 Å². The standard InChI is InChI=1S/C16H19Cl2N5O4S2/c17-11-2-3-12(13(18)10-11)14(24)20-15-21-22-16(28-15)29(25,26)19-4-1-5-23-6-8-27-9-7-23/h2-3,10,19H,1,4-9H2,(H,20,21,24). The van der Waals surface area contributed by atoms with Gasteiger partial charge in [-0.05, 0) is 31.2 Å². The summed E-state index contributed by atoms with van der Waals surface area (Å²) in [7, 11) is -3.80. The van der Waals surface area contributed by atoms with Crippen molar-refractivity contribution in [2.45, 2.75) is 10.8 Å². The molecule has 1 aromatic heterocycles. The number of carbonyl (C=O) groups is 1. The van der Waals surface area contributed by atoms with Crippen molar-refractivity contribution in [1.29, 1.82) is 0 Å². The van der Waals surface area contributed by atoms with Crippen molar-refractivity contribution in [2.75, 3.05) is 44.7 Å². The van der Waals surface area contributed by atoms with Gasteiger partial charge in [0.05, 0.1) is 23.8 Å². The van der Waals surface area contributed by atoms with Gasteiger partial charge in [0.15, 0.2) is 0 Å². The second-order valence-electron chi connectivity index (χ2n) is 6.16. The summed E-state index contributed by atoms with van der Waals surface area (Å²) in [5.74, 6) is -0.537. The Morgan fingerprint density at radius 2 is 2.00 bits per heavy atom. The summed E-state index contributed by atoms with van der Waals surface area (Å²) in [6.07, 6.45) is 0.663. The number of nitrogens with zero attached hydrogens (tertiary/aromatic N) is 3. The number of amides is 1. The Kier molecular flexibility index (Phi) is 7.79. The second-order valence-corrected chi connectivity index (χ2v) is 9.92. The fraction of sp³-hybridized carbons (Fsp3) is 0.438. The number of halogens is 2. The molecule has 158 valence electrons. The van der Waals surface area contributed by atoms with Crippen LogP contribution in [0.25, 0.3) is 0 Å². The zero-order valence-corrected chi connectivity index (χ0v) is 18.4. The lowest BCUT2D eigenvalue weighted by atomic mass is 10.2. The molecule has 29 heavy (non-hydrogen) atoms. The number of rotatable bonds is 8. The van der Waals surface area contributed by atoms with E-state index in [2.05, 4.69) is 25.1 Å². The molecule has 0 aliphatic carbocycles. The zero-order chi connectivity index (χ0) is 20.9. The third-order valence-corrected chi connectivity index (χ3v) is 7.29. The van der Waals surface area contributed by atoms with Gasteiger partial charge in [-0.25, -0.2) is 13.1 Å². The lowest BCUT2D eigenvalue weighted by Crippen LogP contribution is -2.38. The quantitative estimate of drug-likeness (QED) is 0.440. The minimum atomic E-state index is -3.80. The van der Waals surface area contributed by atoms with E-state index in [0.717, 1.165) is 31.0 Å². The van der Waals surface area contributed by atoms with Crippen LogP contribution in [0.2, 0.25) is 10.0 Å². The van der Waals surface area contributed by atoms with Crippen molar-refractivity contribution >= 4 is 55.6 Å². The fourth-order valence-corrected chi connectivity index (χ4v) is 5.11. The largest absolute Gasteiger partial charge is 0.379 e. The van der Waals surface area contributed by atoms with Crippen molar-refractivity contribution in [3.05, 3.63) is 33.8 Å². The van der Waals surface area contributed by atoms with E-state index in [-0.39, 0.29) is 26.6 Å². The first-order chi connectivity index (χ1) is 13.8. The van der Waals surface area contributed by atoms with E-state index < -0.39 is 15.9 Å². The van der Waals surface area contributed by atoms with Gasteiger partial charge >= 0.3 is 0 Å². The van der Waals surface area contributed by atoms with Gasteiger partial charge in [-0.2, -0.15) is 0 Å². The molecule has 1 aromatic carbocycles. The zero-order valence-electron chi connectivity index (χ0n) is 15.2. The van der Waals surface area contributed by atoms with Crippen molar-refractivity contribution in [1.82, 2.24) is 19.8 Å². The molecule has 1 aliphatic rings. The van der Waals surface area contributed by atoms with Gasteiger partial charge < -0.3 is 4.74 Å². The van der Waals surface area contributed by atoms with E-state index in [1.807, 2.05) is 0 Å². The molecule has 3 rings (SSSR count). The van der Waals surface area contributed by atoms with E-state index in [0.29, 0.717) is 24.7 Å². The Morgan fingerprint density at radius 3 is 2.72 bits per heavy atom. The number of aromatic nitrogens is 2. The summed E-state index contributed by atoms with van der Waals surface area (Å²) < 4.78 is 32.3. The van der Waals surface area contributed by atoms with Crippen LogP contribution in [-0.2, 0) is 14.8 Å². The average molecular weight is 480 g/mol. The van der Waals surface area contributed by atoms with Crippen LogP contribution in [0.1, 0.15) is 16.8 Å². The number of carbonyl (C=O) groups excluding carboxylic acids is 1. The van der Waals surface area contributed by atoms with Crippen LogP contribution in [0.3, 0.4) is 0 Å². The van der Waals surface area contributed by atoms with Gasteiger partial charge in [-0.1, -0.05) is 34.5 Å². The summed E-state index contributed by atoms with van der Waals surface area (Å²) in [6.45, 7) is 4.17. The Bertz CT molecular complexity index is 964. The Morgan fingerprint density at radius 1 is 1.24 bits per heavy atom. The van der Waals surface area contributed by atoms with Gasteiger partial charge in [0.2, 0.25) is 9.47 Å². The van der Waals surface area contributed by atoms with E-state index in [4.69, 9.17) is 27.9 Å². The van der Waals surface area contributed by atoms with Crippen molar-refractivity contribution in [3.8, 4) is 0 Å². The minimum absolute atomic E-state index is 0.0507. The summed E-state index contributed by atoms with van der Waals surface area (Å²) in [4.78, 5) is 14.5. The number of hydrogen-bond acceptors (Lipinski definition) is 8. The topological polar surface area (TPSA) is 114 Å². The molecule has 1 fully saturated rings. The molecule has 0 spiro atoms. The molecular formula is C16H19Cl2N5O4S2. The van der Waals surface area contributed by atoms with Crippen LogP contribution in [0.5, 0.6) is 0 Å². The molecule has 9 nitrogen and oxygen atoms in total. The highest BCUT2D eigenvalue weighted by molar-refractivity contribution is 7.91. The maximum Gasteiger partial charge on any atom is 0.269 e. The van der Waals surface area contributed by atoms with Crippen molar-refractivity contribution in [3.63, 3.8) is 0 Å².